The van der Waals surface area contributed by atoms with Crippen LogP contribution in [0.15, 0.2) is 41.0 Å². The number of aromatic nitrogens is 1. The number of H-pyrrole nitrogens is 1. The van der Waals surface area contributed by atoms with Gasteiger partial charge in [0.25, 0.3) is 0 Å². The predicted octanol–water partition coefficient (Wildman–Crippen LogP) is 2.60. The van der Waals surface area contributed by atoms with Crippen LogP contribution in [0, 0.1) is 12.7 Å². The largest absolute Gasteiger partial charge is 0.467 e. The molecule has 3 rings (SSSR count). The molecule has 23 heavy (non-hydrogen) atoms. The van der Waals surface area contributed by atoms with Crippen LogP contribution >= 0.6 is 0 Å². The minimum atomic E-state index is -0.893. The topological polar surface area (TPSA) is 78.3 Å². The number of furan rings is 1. The van der Waals surface area contributed by atoms with Crippen molar-refractivity contribution in [2.24, 2.45) is 0 Å². The number of rotatable bonds is 5. The average molecular weight is 316 g/mol. The lowest BCUT2D eigenvalue weighted by atomic mass is 10.1. The fraction of sp³-hybridized carbons (Fsp3) is 0.235. The number of hydrogen-bond acceptors (Lipinski definition) is 3. The number of aromatic amines is 1. The maximum absolute atomic E-state index is 13.4. The number of amides is 1. The van der Waals surface area contributed by atoms with Crippen LogP contribution in [0.4, 0.5) is 4.39 Å². The zero-order chi connectivity index (χ0) is 16.4. The Labute approximate surface area is 132 Å². The first-order valence-corrected chi connectivity index (χ1v) is 7.29. The van der Waals surface area contributed by atoms with E-state index in [9.17, 15) is 14.3 Å². The number of aliphatic hydroxyl groups excluding tert-OH is 1. The fourth-order valence-electron chi connectivity index (χ4n) is 2.60. The second-order valence-electron chi connectivity index (χ2n) is 5.43. The van der Waals surface area contributed by atoms with Crippen molar-refractivity contribution in [1.82, 2.24) is 10.3 Å². The van der Waals surface area contributed by atoms with Gasteiger partial charge >= 0.3 is 0 Å². The van der Waals surface area contributed by atoms with Crippen molar-refractivity contribution < 1.29 is 18.7 Å². The maximum Gasteiger partial charge on any atom is 0.224 e. The van der Waals surface area contributed by atoms with Crippen molar-refractivity contribution in [2.75, 3.05) is 6.54 Å². The lowest BCUT2D eigenvalue weighted by Gasteiger charge is -2.09. The van der Waals surface area contributed by atoms with Gasteiger partial charge in [0.15, 0.2) is 0 Å². The maximum atomic E-state index is 13.4. The third kappa shape index (κ3) is 3.27. The monoisotopic (exact) mass is 316 g/mol. The summed E-state index contributed by atoms with van der Waals surface area (Å²) in [5.74, 6) is -0.189. The molecule has 0 fully saturated rings. The Morgan fingerprint density at radius 2 is 2.26 bits per heavy atom. The van der Waals surface area contributed by atoms with Crippen molar-refractivity contribution in [1.29, 1.82) is 0 Å². The number of nitrogens with one attached hydrogen (secondary N) is 2. The molecule has 1 amide bonds. The van der Waals surface area contributed by atoms with E-state index < -0.39 is 6.10 Å². The van der Waals surface area contributed by atoms with Crippen LogP contribution in [0.1, 0.15) is 23.1 Å². The van der Waals surface area contributed by atoms with Crippen LogP contribution in [0.2, 0.25) is 0 Å². The van der Waals surface area contributed by atoms with E-state index in [0.717, 1.165) is 16.8 Å². The molecule has 1 aromatic carbocycles. The Bertz CT molecular complexity index is 824. The molecule has 0 spiro atoms. The van der Waals surface area contributed by atoms with E-state index in [0.29, 0.717) is 11.1 Å². The van der Waals surface area contributed by atoms with E-state index >= 15 is 0 Å². The molecule has 0 saturated carbocycles. The lowest BCUT2D eigenvalue weighted by Crippen LogP contribution is -2.29. The number of hydrogen-bond donors (Lipinski definition) is 3. The summed E-state index contributed by atoms with van der Waals surface area (Å²) >= 11 is 0. The SMILES string of the molecule is Cc1[nH]c2ccc(F)cc2c1CC(=O)NCC(O)c1ccco1. The number of fused-ring (bicyclic) bond motifs is 1. The smallest absolute Gasteiger partial charge is 0.224 e. The normalized spacial score (nSPS) is 12.5. The van der Waals surface area contributed by atoms with E-state index in [1.54, 1.807) is 18.2 Å². The Morgan fingerprint density at radius 1 is 1.43 bits per heavy atom. The van der Waals surface area contributed by atoms with Crippen LogP contribution in [0.5, 0.6) is 0 Å². The molecule has 5 nitrogen and oxygen atoms in total. The third-order valence-corrected chi connectivity index (χ3v) is 3.78. The quantitative estimate of drug-likeness (QED) is 0.677. The highest BCUT2D eigenvalue weighted by molar-refractivity contribution is 5.90. The van der Waals surface area contributed by atoms with Gasteiger partial charge in [0.2, 0.25) is 5.91 Å². The average Bonchev–Trinajstić information content (AvgIpc) is 3.15. The molecule has 6 heteroatoms. The van der Waals surface area contributed by atoms with Gasteiger partial charge in [-0.2, -0.15) is 0 Å². The van der Waals surface area contributed by atoms with Crippen molar-refractivity contribution >= 4 is 16.8 Å². The summed E-state index contributed by atoms with van der Waals surface area (Å²) < 4.78 is 18.5. The number of carbonyl (C=O) groups is 1. The Hall–Kier alpha value is -2.60. The molecule has 2 heterocycles. The van der Waals surface area contributed by atoms with E-state index in [4.69, 9.17) is 4.42 Å². The Morgan fingerprint density at radius 3 is 3.00 bits per heavy atom. The van der Waals surface area contributed by atoms with Crippen LogP contribution < -0.4 is 5.32 Å². The van der Waals surface area contributed by atoms with E-state index in [-0.39, 0.29) is 24.7 Å². The molecular formula is C17H17FN2O3. The summed E-state index contributed by atoms with van der Waals surface area (Å²) in [6, 6.07) is 7.76. The summed E-state index contributed by atoms with van der Waals surface area (Å²) in [4.78, 5) is 15.2. The van der Waals surface area contributed by atoms with Gasteiger partial charge in [-0.1, -0.05) is 0 Å². The number of aliphatic hydroxyl groups is 1. The standard InChI is InChI=1S/C17H17FN2O3/c1-10-12(13-7-11(18)4-5-14(13)20-10)8-17(22)19-9-15(21)16-3-2-6-23-16/h2-7,15,20-21H,8-9H2,1H3,(H,19,22). The summed E-state index contributed by atoms with van der Waals surface area (Å²) in [7, 11) is 0. The number of carbonyl (C=O) groups excluding carboxylic acids is 1. The lowest BCUT2D eigenvalue weighted by molar-refractivity contribution is -0.120. The molecule has 3 N–H and O–H groups in total. The Balaban J connectivity index is 1.68. The van der Waals surface area contributed by atoms with E-state index in [1.807, 2.05) is 6.92 Å². The second kappa shape index (κ2) is 6.26. The van der Waals surface area contributed by atoms with Crippen LogP contribution in [0.25, 0.3) is 10.9 Å². The number of aryl methyl sites for hydroxylation is 1. The van der Waals surface area contributed by atoms with Gasteiger partial charge in [-0.25, -0.2) is 4.39 Å². The van der Waals surface area contributed by atoms with Gasteiger partial charge in [-0.3, -0.25) is 4.79 Å². The molecule has 0 bridgehead atoms. The first-order chi connectivity index (χ1) is 11.0. The molecule has 0 saturated heterocycles. The van der Waals surface area contributed by atoms with E-state index in [1.165, 1.54) is 18.4 Å². The van der Waals surface area contributed by atoms with Gasteiger partial charge in [0.1, 0.15) is 17.7 Å². The highest BCUT2D eigenvalue weighted by Crippen LogP contribution is 2.23. The van der Waals surface area contributed by atoms with Crippen molar-refractivity contribution in [3.63, 3.8) is 0 Å². The number of halogens is 1. The van der Waals surface area contributed by atoms with Crippen molar-refractivity contribution in [3.05, 3.63) is 59.4 Å². The minimum absolute atomic E-state index is 0.0576. The molecule has 0 aliphatic rings. The summed E-state index contributed by atoms with van der Waals surface area (Å²) in [6.45, 7) is 1.90. The molecule has 0 radical (unpaired) electrons. The molecule has 1 unspecified atom stereocenters. The molecule has 2 aromatic heterocycles. The van der Waals surface area contributed by atoms with Gasteiger partial charge in [-0.05, 0) is 42.8 Å². The van der Waals surface area contributed by atoms with Crippen LogP contribution in [-0.4, -0.2) is 22.5 Å². The van der Waals surface area contributed by atoms with Gasteiger partial charge < -0.3 is 19.8 Å². The fourth-order valence-corrected chi connectivity index (χ4v) is 2.60. The zero-order valence-electron chi connectivity index (χ0n) is 12.6. The second-order valence-corrected chi connectivity index (χ2v) is 5.43. The van der Waals surface area contributed by atoms with Crippen LogP contribution in [-0.2, 0) is 11.2 Å². The molecule has 120 valence electrons. The summed E-state index contributed by atoms with van der Waals surface area (Å²) in [5, 5.41) is 13.2. The van der Waals surface area contributed by atoms with Gasteiger partial charge in [-0.15, -0.1) is 0 Å². The van der Waals surface area contributed by atoms with Gasteiger partial charge in [0, 0.05) is 16.6 Å². The zero-order valence-corrected chi connectivity index (χ0v) is 12.6. The molecule has 0 aliphatic carbocycles. The molecular weight excluding hydrogens is 299 g/mol. The van der Waals surface area contributed by atoms with Crippen LogP contribution in [0.3, 0.4) is 0 Å². The van der Waals surface area contributed by atoms with E-state index in [2.05, 4.69) is 10.3 Å². The van der Waals surface area contributed by atoms with Crippen molar-refractivity contribution in [3.8, 4) is 0 Å². The predicted molar refractivity (Wildman–Crippen MR) is 83.4 cm³/mol. The first-order valence-electron chi connectivity index (χ1n) is 7.29. The minimum Gasteiger partial charge on any atom is -0.467 e. The van der Waals surface area contributed by atoms with Gasteiger partial charge in [0.05, 0.1) is 19.2 Å². The van der Waals surface area contributed by atoms with Crippen molar-refractivity contribution in [2.45, 2.75) is 19.4 Å². The first kappa shape index (κ1) is 15.3. The summed E-state index contributed by atoms with van der Waals surface area (Å²) in [5.41, 5.74) is 2.37. The summed E-state index contributed by atoms with van der Waals surface area (Å²) in [6.07, 6.45) is 0.681. The highest BCUT2D eigenvalue weighted by Gasteiger charge is 2.15. The number of benzene rings is 1. The molecule has 3 aromatic rings. The highest BCUT2D eigenvalue weighted by atomic mass is 19.1. The molecule has 1 atom stereocenters. The molecule has 0 aliphatic heterocycles. The third-order valence-electron chi connectivity index (χ3n) is 3.78. The Kier molecular flexibility index (Phi) is 4.16.